The molecule has 2 aromatic carbocycles. The maximum absolute atomic E-state index is 11.1. The third-order valence-electron chi connectivity index (χ3n) is 2.70. The van der Waals surface area contributed by atoms with E-state index in [9.17, 15) is 8.42 Å². The molecule has 0 aliphatic carbocycles. The van der Waals surface area contributed by atoms with Crippen LogP contribution in [0.3, 0.4) is 0 Å². The molecular weight excluding hydrogens is 353 g/mol. The summed E-state index contributed by atoms with van der Waals surface area (Å²) in [6.45, 7) is 0. The number of benzene rings is 2. The molecule has 0 aliphatic heterocycles. The molecule has 126 valence electrons. The van der Waals surface area contributed by atoms with Crippen molar-refractivity contribution in [3.8, 4) is 0 Å². The Kier molecular flexibility index (Phi) is 8.27. The Balaban J connectivity index is 0.00000312. The first-order valence-electron chi connectivity index (χ1n) is 6.88. The van der Waals surface area contributed by atoms with E-state index in [1.54, 1.807) is 67.6 Å². The average Bonchev–Trinajstić information content (AvgIpc) is 2.53. The molecule has 9 heteroatoms. The summed E-state index contributed by atoms with van der Waals surface area (Å²) < 4.78 is 35.7. The number of hydrogen-bond acceptors (Lipinski definition) is 5. The third-order valence-corrected chi connectivity index (χ3v) is 3.09. The number of hydrogen-bond donors (Lipinski definition) is 1. The number of nitrogens with zero attached hydrogens (tertiary/aromatic N) is 3. The van der Waals surface area contributed by atoms with Crippen molar-refractivity contribution in [2.24, 2.45) is 10.3 Å². The second kappa shape index (κ2) is 9.69. The van der Waals surface area contributed by atoms with Gasteiger partial charge < -0.3 is 4.18 Å². The van der Waals surface area contributed by atoms with Crippen LogP contribution in [0.2, 0.25) is 0 Å². The number of rotatable bonds is 6. The van der Waals surface area contributed by atoms with Crippen LogP contribution < -0.4 is 29.6 Å². The second-order valence-corrected chi connectivity index (χ2v) is 5.95. The topological polar surface area (TPSA) is 91.6 Å². The summed E-state index contributed by atoms with van der Waals surface area (Å²) >= 11 is 0. The maximum Gasteiger partial charge on any atom is 1.00 e. The minimum absolute atomic E-state index is 0. The summed E-state index contributed by atoms with van der Waals surface area (Å²) in [6.07, 6.45) is 1.48. The molecule has 0 unspecified atom stereocenters. The van der Waals surface area contributed by atoms with E-state index in [2.05, 4.69) is 20.6 Å². The predicted octanol–water partition coefficient (Wildman–Crippen LogP) is 0.369. The van der Waals surface area contributed by atoms with Crippen molar-refractivity contribution in [3.63, 3.8) is 0 Å². The van der Waals surface area contributed by atoms with E-state index >= 15 is 0 Å². The summed E-state index contributed by atoms with van der Waals surface area (Å²) in [7, 11) is -1.13. The van der Waals surface area contributed by atoms with E-state index in [0.29, 0.717) is 16.8 Å². The smallest absolute Gasteiger partial charge is 0.409 e. The van der Waals surface area contributed by atoms with E-state index < -0.39 is 10.4 Å². The fourth-order valence-corrected chi connectivity index (χ4v) is 2.10. The zero-order valence-corrected chi connectivity index (χ0v) is 16.9. The van der Waals surface area contributed by atoms with Crippen LogP contribution in [0.25, 0.3) is 11.8 Å². The Morgan fingerprint density at radius 2 is 1.88 bits per heavy atom. The minimum atomic E-state index is -4.65. The molecule has 0 bridgehead atoms. The van der Waals surface area contributed by atoms with Crippen molar-refractivity contribution in [1.82, 2.24) is 5.01 Å². The summed E-state index contributed by atoms with van der Waals surface area (Å²) in [5.74, 6) is -0.0410. The Labute approximate surface area is 169 Å². The van der Waals surface area contributed by atoms with Gasteiger partial charge >= 0.3 is 40.0 Å². The first-order valence-corrected chi connectivity index (χ1v) is 8.25. The van der Waals surface area contributed by atoms with Crippen LogP contribution in [0.1, 0.15) is 11.1 Å². The van der Waals surface area contributed by atoms with Crippen molar-refractivity contribution in [2.75, 3.05) is 14.1 Å². The quantitative estimate of drug-likeness (QED) is 0.151. The first kappa shape index (κ1) is 21.3. The molecule has 0 heterocycles. The fourth-order valence-electron chi connectivity index (χ4n) is 1.74. The second-order valence-electron chi connectivity index (χ2n) is 4.92. The van der Waals surface area contributed by atoms with Gasteiger partial charge in [0.15, 0.2) is 0 Å². The molecule has 0 spiro atoms. The van der Waals surface area contributed by atoms with Crippen LogP contribution in [-0.2, 0) is 14.6 Å². The van der Waals surface area contributed by atoms with E-state index in [1.165, 1.54) is 6.08 Å². The largest absolute Gasteiger partial charge is 1.00 e. The van der Waals surface area contributed by atoms with Gasteiger partial charge in [0.2, 0.25) is 0 Å². The van der Waals surface area contributed by atoms with E-state index in [0.717, 1.165) is 0 Å². The van der Waals surface area contributed by atoms with Crippen LogP contribution in [0.5, 0.6) is 0 Å². The van der Waals surface area contributed by atoms with E-state index in [-0.39, 0.29) is 35.3 Å². The molecule has 7 nitrogen and oxygen atoms in total. The van der Waals surface area contributed by atoms with Crippen molar-refractivity contribution in [3.05, 3.63) is 65.7 Å². The zero-order valence-electron chi connectivity index (χ0n) is 14.1. The van der Waals surface area contributed by atoms with Gasteiger partial charge in [-0.15, -0.1) is 41.0 Å². The van der Waals surface area contributed by atoms with Gasteiger partial charge in [-0.05, 0) is 17.7 Å². The molecule has 0 saturated heterocycles. The summed E-state index contributed by atoms with van der Waals surface area (Å²) in [6, 6.07) is 16.4. The predicted molar refractivity (Wildman–Crippen MR) is 90.4 cm³/mol. The molecule has 0 radical (unpaired) electrons. The Hall–Kier alpha value is -1.71. The summed E-state index contributed by atoms with van der Waals surface area (Å²) in [5, 5.41) is 9.45. The van der Waals surface area contributed by atoms with Crippen LogP contribution in [0.15, 0.2) is 58.9 Å². The SMILES string of the molecule is CN(C)N=Nc1ccc(/C=C(/OS(=O)(=O)O)c2[c-]cccc2)cc1.[Na+]. The third kappa shape index (κ3) is 7.80. The molecule has 2 rings (SSSR count). The van der Waals surface area contributed by atoms with E-state index in [1.807, 2.05) is 0 Å². The summed E-state index contributed by atoms with van der Waals surface area (Å²) in [4.78, 5) is 0. The Morgan fingerprint density at radius 1 is 1.20 bits per heavy atom. The van der Waals surface area contributed by atoms with E-state index in [4.69, 9.17) is 4.55 Å². The Morgan fingerprint density at radius 3 is 2.40 bits per heavy atom. The Bertz CT molecular complexity index is 835. The van der Waals surface area contributed by atoms with Gasteiger partial charge in [-0.1, -0.05) is 23.4 Å². The standard InChI is InChI=1S/C16H16N3O4S.Na/c1-19(2)18-17-15-10-8-13(9-11-15)12-16(23-24(20,21)22)14-6-4-3-5-7-14;/h3-6,8-12H,1-2H3,(H,20,21,22);/q-1;+1/b16-12+,18-17?;. The molecule has 0 fully saturated rings. The van der Waals surface area contributed by atoms with Crippen molar-refractivity contribution >= 4 is 27.9 Å². The summed E-state index contributed by atoms with van der Waals surface area (Å²) in [5.41, 5.74) is 1.70. The minimum Gasteiger partial charge on any atom is -0.409 e. The fraction of sp³-hybridized carbons (Fsp3) is 0.125. The maximum atomic E-state index is 11.1. The van der Waals surface area contributed by atoms with Crippen molar-refractivity contribution < 1.29 is 46.7 Å². The molecule has 1 N–H and O–H groups in total. The molecule has 0 saturated carbocycles. The van der Waals surface area contributed by atoms with Gasteiger partial charge in [0.1, 0.15) is 0 Å². The van der Waals surface area contributed by atoms with Gasteiger partial charge in [0.05, 0.1) is 11.4 Å². The molecule has 2 aromatic rings. The van der Waals surface area contributed by atoms with Crippen LogP contribution in [-0.4, -0.2) is 32.1 Å². The molecule has 0 atom stereocenters. The van der Waals surface area contributed by atoms with Gasteiger partial charge in [-0.3, -0.25) is 9.56 Å². The van der Waals surface area contributed by atoms with Gasteiger partial charge in [0.25, 0.3) is 0 Å². The van der Waals surface area contributed by atoms with Gasteiger partial charge in [-0.25, -0.2) is 0 Å². The van der Waals surface area contributed by atoms with Crippen LogP contribution in [0.4, 0.5) is 5.69 Å². The molecular formula is C16H16N3NaO4S. The average molecular weight is 369 g/mol. The van der Waals surface area contributed by atoms with Gasteiger partial charge in [0, 0.05) is 14.1 Å². The molecule has 0 amide bonds. The normalized spacial score (nSPS) is 11.9. The molecule has 0 aliphatic rings. The monoisotopic (exact) mass is 369 g/mol. The van der Waals surface area contributed by atoms with Crippen molar-refractivity contribution in [2.45, 2.75) is 0 Å². The zero-order chi connectivity index (χ0) is 17.6. The molecule has 0 aromatic heterocycles. The van der Waals surface area contributed by atoms with Crippen molar-refractivity contribution in [1.29, 1.82) is 0 Å². The van der Waals surface area contributed by atoms with Crippen LogP contribution >= 0.6 is 0 Å². The first-order chi connectivity index (χ1) is 11.3. The van der Waals surface area contributed by atoms with Crippen LogP contribution in [0, 0.1) is 6.07 Å². The van der Waals surface area contributed by atoms with Gasteiger partial charge in [-0.2, -0.15) is 8.42 Å². The molecule has 25 heavy (non-hydrogen) atoms.